The van der Waals surface area contributed by atoms with Crippen molar-refractivity contribution < 1.29 is 12.8 Å². The Morgan fingerprint density at radius 3 is 2.65 bits per heavy atom. The lowest BCUT2D eigenvalue weighted by Crippen LogP contribution is -2.13. The fraction of sp³-hybridized carbons (Fsp3) is 0.500. The molecule has 1 aromatic rings. The summed E-state index contributed by atoms with van der Waals surface area (Å²) in [6.45, 7) is 3.92. The van der Waals surface area contributed by atoms with Gasteiger partial charge in [0, 0.05) is 18.0 Å². The molecule has 0 unspecified atom stereocenters. The largest absolute Gasteiger partial charge is 0.385 e. The maximum Gasteiger partial charge on any atom is 0.150 e. The molecule has 1 N–H and O–H groups in total. The lowest BCUT2D eigenvalue weighted by molar-refractivity contribution is 0.595. The first-order valence-corrected chi connectivity index (χ1v) is 7.47. The molecule has 0 radical (unpaired) electrons. The molecular formula is C12H18FNO2S. The topological polar surface area (TPSA) is 46.2 Å². The highest BCUT2D eigenvalue weighted by Crippen LogP contribution is 2.13. The van der Waals surface area contributed by atoms with Crippen LogP contribution in [0.3, 0.4) is 0 Å². The molecule has 0 aromatic heterocycles. The van der Waals surface area contributed by atoms with Gasteiger partial charge in [0.25, 0.3) is 0 Å². The number of halogens is 1. The van der Waals surface area contributed by atoms with Gasteiger partial charge in [0.15, 0.2) is 0 Å². The zero-order valence-corrected chi connectivity index (χ0v) is 11.0. The van der Waals surface area contributed by atoms with Gasteiger partial charge in [-0.3, -0.25) is 0 Å². The van der Waals surface area contributed by atoms with E-state index in [4.69, 9.17) is 0 Å². The molecule has 0 saturated carbocycles. The van der Waals surface area contributed by atoms with Gasteiger partial charge in [-0.15, -0.1) is 0 Å². The molecule has 0 amide bonds. The van der Waals surface area contributed by atoms with E-state index < -0.39 is 9.84 Å². The highest BCUT2D eigenvalue weighted by Gasteiger charge is 2.06. The van der Waals surface area contributed by atoms with E-state index in [-0.39, 0.29) is 17.3 Å². The summed E-state index contributed by atoms with van der Waals surface area (Å²) >= 11 is 0. The number of anilines is 1. The molecule has 0 spiro atoms. The zero-order chi connectivity index (χ0) is 12.9. The van der Waals surface area contributed by atoms with E-state index in [9.17, 15) is 12.8 Å². The average Bonchev–Trinajstić information content (AvgIpc) is 2.29. The van der Waals surface area contributed by atoms with Crippen molar-refractivity contribution in [2.24, 2.45) is 0 Å². The van der Waals surface area contributed by atoms with Crippen LogP contribution in [0.4, 0.5) is 10.1 Å². The lowest BCUT2D eigenvalue weighted by Gasteiger charge is -2.07. The monoisotopic (exact) mass is 259 g/mol. The molecule has 96 valence electrons. The van der Waals surface area contributed by atoms with Gasteiger partial charge in [0.2, 0.25) is 0 Å². The Hall–Kier alpha value is -1.10. The van der Waals surface area contributed by atoms with Crippen LogP contribution in [0.1, 0.15) is 18.9 Å². The van der Waals surface area contributed by atoms with Crippen LogP contribution < -0.4 is 5.32 Å². The van der Waals surface area contributed by atoms with Crippen molar-refractivity contribution in [3.63, 3.8) is 0 Å². The molecule has 0 saturated heterocycles. The van der Waals surface area contributed by atoms with Crippen molar-refractivity contribution in [3.05, 3.63) is 29.6 Å². The number of nitrogens with one attached hydrogen (secondary N) is 1. The Labute approximate surface area is 102 Å². The van der Waals surface area contributed by atoms with Gasteiger partial charge in [-0.05, 0) is 37.1 Å². The third-order valence-electron chi connectivity index (χ3n) is 2.56. The molecule has 0 bridgehead atoms. The predicted molar refractivity (Wildman–Crippen MR) is 68.6 cm³/mol. The van der Waals surface area contributed by atoms with Gasteiger partial charge in [-0.1, -0.05) is 6.92 Å². The molecule has 17 heavy (non-hydrogen) atoms. The second kappa shape index (κ2) is 6.00. The number of sulfone groups is 1. The Kier molecular flexibility index (Phi) is 4.93. The van der Waals surface area contributed by atoms with E-state index in [1.54, 1.807) is 26.0 Å². The molecule has 1 aromatic carbocycles. The minimum Gasteiger partial charge on any atom is -0.385 e. The van der Waals surface area contributed by atoms with Gasteiger partial charge in [-0.2, -0.15) is 0 Å². The van der Waals surface area contributed by atoms with E-state index in [0.29, 0.717) is 18.5 Å². The highest BCUT2D eigenvalue weighted by molar-refractivity contribution is 7.91. The van der Waals surface area contributed by atoms with Crippen LogP contribution >= 0.6 is 0 Å². The molecule has 0 fully saturated rings. The number of hydrogen-bond donors (Lipinski definition) is 1. The summed E-state index contributed by atoms with van der Waals surface area (Å²) < 4.78 is 35.4. The molecule has 0 heterocycles. The van der Waals surface area contributed by atoms with Gasteiger partial charge in [0.1, 0.15) is 15.7 Å². The SMILES string of the molecule is CCS(=O)(=O)CCCNc1ccc(F)c(C)c1. The fourth-order valence-corrected chi connectivity index (χ4v) is 2.30. The first kappa shape index (κ1) is 14.0. The summed E-state index contributed by atoms with van der Waals surface area (Å²) in [6, 6.07) is 4.76. The second-order valence-corrected chi connectivity index (χ2v) is 6.45. The summed E-state index contributed by atoms with van der Waals surface area (Å²) in [4.78, 5) is 0. The highest BCUT2D eigenvalue weighted by atomic mass is 32.2. The Balaban J connectivity index is 2.39. The van der Waals surface area contributed by atoms with Crippen molar-refractivity contribution in [2.45, 2.75) is 20.3 Å². The minimum atomic E-state index is -2.89. The minimum absolute atomic E-state index is 0.183. The quantitative estimate of drug-likeness (QED) is 0.798. The molecule has 5 heteroatoms. The molecule has 1 rings (SSSR count). The van der Waals surface area contributed by atoms with Gasteiger partial charge < -0.3 is 5.32 Å². The summed E-state index contributed by atoms with van der Waals surface area (Å²) in [7, 11) is -2.89. The summed E-state index contributed by atoms with van der Waals surface area (Å²) in [5.74, 6) is 0.142. The molecule has 0 aliphatic carbocycles. The predicted octanol–water partition coefficient (Wildman–Crippen LogP) is 2.37. The number of hydrogen-bond acceptors (Lipinski definition) is 3. The molecular weight excluding hydrogens is 241 g/mol. The third kappa shape index (κ3) is 4.73. The Morgan fingerprint density at radius 1 is 1.35 bits per heavy atom. The Morgan fingerprint density at radius 2 is 2.06 bits per heavy atom. The maximum absolute atomic E-state index is 13.0. The van der Waals surface area contributed by atoms with Gasteiger partial charge in [-0.25, -0.2) is 12.8 Å². The lowest BCUT2D eigenvalue weighted by atomic mass is 10.2. The number of aryl methyl sites for hydroxylation is 1. The van der Waals surface area contributed by atoms with E-state index in [1.165, 1.54) is 6.07 Å². The third-order valence-corrected chi connectivity index (χ3v) is 4.35. The van der Waals surface area contributed by atoms with Crippen LogP contribution in [0.25, 0.3) is 0 Å². The smallest absolute Gasteiger partial charge is 0.150 e. The fourth-order valence-electron chi connectivity index (χ4n) is 1.42. The van der Waals surface area contributed by atoms with Crippen molar-refractivity contribution >= 4 is 15.5 Å². The van der Waals surface area contributed by atoms with Crippen LogP contribution in [0.15, 0.2) is 18.2 Å². The van der Waals surface area contributed by atoms with Gasteiger partial charge in [0.05, 0.1) is 5.75 Å². The summed E-state index contributed by atoms with van der Waals surface area (Å²) in [5.41, 5.74) is 1.40. The van der Waals surface area contributed by atoms with Gasteiger partial charge >= 0.3 is 0 Å². The molecule has 3 nitrogen and oxygen atoms in total. The number of benzene rings is 1. The van der Waals surface area contributed by atoms with Crippen molar-refractivity contribution in [3.8, 4) is 0 Å². The molecule has 0 aliphatic heterocycles. The van der Waals surface area contributed by atoms with E-state index >= 15 is 0 Å². The Bertz CT molecular complexity index is 471. The van der Waals surface area contributed by atoms with Crippen molar-refractivity contribution in [1.82, 2.24) is 0 Å². The van der Waals surface area contributed by atoms with E-state index in [2.05, 4.69) is 5.32 Å². The average molecular weight is 259 g/mol. The molecule has 0 aliphatic rings. The number of rotatable bonds is 6. The van der Waals surface area contributed by atoms with Crippen LogP contribution in [0.5, 0.6) is 0 Å². The zero-order valence-electron chi connectivity index (χ0n) is 10.2. The maximum atomic E-state index is 13.0. The molecule has 0 atom stereocenters. The van der Waals surface area contributed by atoms with Crippen LogP contribution in [-0.2, 0) is 9.84 Å². The van der Waals surface area contributed by atoms with Crippen LogP contribution in [0.2, 0.25) is 0 Å². The second-order valence-electron chi connectivity index (χ2n) is 3.98. The van der Waals surface area contributed by atoms with Crippen molar-refractivity contribution in [1.29, 1.82) is 0 Å². The van der Waals surface area contributed by atoms with Crippen LogP contribution in [0, 0.1) is 12.7 Å². The first-order chi connectivity index (χ1) is 7.94. The van der Waals surface area contributed by atoms with Crippen molar-refractivity contribution in [2.75, 3.05) is 23.4 Å². The summed E-state index contributed by atoms with van der Waals surface area (Å²) in [5, 5.41) is 3.08. The normalized spacial score (nSPS) is 11.5. The van der Waals surface area contributed by atoms with E-state index in [1.807, 2.05) is 0 Å². The van der Waals surface area contributed by atoms with E-state index in [0.717, 1.165) is 5.69 Å². The standard InChI is InChI=1S/C12H18FNO2S/c1-3-17(15,16)8-4-7-14-11-5-6-12(13)10(2)9-11/h5-6,9,14H,3-4,7-8H2,1-2H3. The first-order valence-electron chi connectivity index (χ1n) is 5.65. The summed E-state index contributed by atoms with van der Waals surface area (Å²) in [6.07, 6.45) is 0.562. The van der Waals surface area contributed by atoms with Crippen LogP contribution in [-0.4, -0.2) is 26.5 Å².